The predicted molar refractivity (Wildman–Crippen MR) is 69.4 cm³/mol. The molecule has 0 unspecified atom stereocenters. The molecule has 0 atom stereocenters. The highest BCUT2D eigenvalue weighted by Gasteiger charge is 1.96. The summed E-state index contributed by atoms with van der Waals surface area (Å²) >= 11 is 0. The molecule has 1 aromatic carbocycles. The van der Waals surface area contributed by atoms with Crippen molar-refractivity contribution in [1.29, 1.82) is 0 Å². The Morgan fingerprint density at radius 3 is 2.50 bits per heavy atom. The van der Waals surface area contributed by atoms with E-state index >= 15 is 0 Å². The Labute approximate surface area is 105 Å². The SMILES string of the molecule is [2H]c1c([2H])c(CO)c([2H])c(CCCCCCCC)c1[2H]. The minimum absolute atomic E-state index is 0.0224. The van der Waals surface area contributed by atoms with E-state index in [1.54, 1.807) is 0 Å². The third kappa shape index (κ3) is 5.32. The van der Waals surface area contributed by atoms with Crippen LogP contribution in [0.5, 0.6) is 0 Å². The molecule has 1 nitrogen and oxygen atoms in total. The van der Waals surface area contributed by atoms with E-state index in [0.717, 1.165) is 19.3 Å². The smallest absolute Gasteiger partial charge is 0.0681 e. The Morgan fingerprint density at radius 2 is 1.75 bits per heavy atom. The average molecular weight is 224 g/mol. The molecular weight excluding hydrogens is 196 g/mol. The number of aliphatic hydroxyl groups excluding tert-OH is 1. The van der Waals surface area contributed by atoms with Crippen molar-refractivity contribution in [3.63, 3.8) is 0 Å². The van der Waals surface area contributed by atoms with Crippen molar-refractivity contribution in [2.45, 2.75) is 58.5 Å². The van der Waals surface area contributed by atoms with Crippen LogP contribution in [0.4, 0.5) is 0 Å². The van der Waals surface area contributed by atoms with Crippen LogP contribution >= 0.6 is 0 Å². The van der Waals surface area contributed by atoms with Gasteiger partial charge in [-0.25, -0.2) is 0 Å². The number of hydrogen-bond donors (Lipinski definition) is 1. The highest BCUT2D eigenvalue weighted by molar-refractivity contribution is 5.22. The van der Waals surface area contributed by atoms with E-state index in [1.807, 2.05) is 0 Å². The average Bonchev–Trinajstić information content (AvgIpc) is 2.44. The van der Waals surface area contributed by atoms with Crippen molar-refractivity contribution in [1.82, 2.24) is 0 Å². The van der Waals surface area contributed by atoms with Crippen LogP contribution in [0, 0.1) is 0 Å². The summed E-state index contributed by atoms with van der Waals surface area (Å²) in [4.78, 5) is 0. The van der Waals surface area contributed by atoms with Crippen molar-refractivity contribution in [2.75, 3.05) is 0 Å². The zero-order valence-corrected chi connectivity index (χ0v) is 10.1. The molecule has 0 heterocycles. The van der Waals surface area contributed by atoms with E-state index in [-0.39, 0.29) is 29.7 Å². The minimum atomic E-state index is -0.409. The monoisotopic (exact) mass is 224 g/mol. The van der Waals surface area contributed by atoms with Gasteiger partial charge in [0.15, 0.2) is 0 Å². The van der Waals surface area contributed by atoms with Gasteiger partial charge in [0.1, 0.15) is 0 Å². The fraction of sp³-hybridized carbons (Fsp3) is 0.600. The molecule has 0 aliphatic carbocycles. The van der Waals surface area contributed by atoms with E-state index in [9.17, 15) is 5.11 Å². The lowest BCUT2D eigenvalue weighted by Crippen LogP contribution is -1.89. The van der Waals surface area contributed by atoms with Gasteiger partial charge in [-0.05, 0) is 24.0 Å². The second kappa shape index (κ2) is 8.35. The highest BCUT2D eigenvalue weighted by Crippen LogP contribution is 2.11. The number of hydrogen-bond acceptors (Lipinski definition) is 1. The maximum Gasteiger partial charge on any atom is 0.0681 e. The number of aliphatic hydroxyl groups is 1. The second-order valence-electron chi connectivity index (χ2n) is 4.13. The van der Waals surface area contributed by atoms with Crippen molar-refractivity contribution in [2.24, 2.45) is 0 Å². The van der Waals surface area contributed by atoms with Gasteiger partial charge in [0, 0.05) is 0 Å². The van der Waals surface area contributed by atoms with Crippen molar-refractivity contribution in [3.8, 4) is 0 Å². The number of benzene rings is 1. The van der Waals surface area contributed by atoms with Gasteiger partial charge in [-0.3, -0.25) is 0 Å². The summed E-state index contributed by atoms with van der Waals surface area (Å²) in [7, 11) is 0. The molecule has 0 amide bonds. The summed E-state index contributed by atoms with van der Waals surface area (Å²) in [5.74, 6) is 0. The van der Waals surface area contributed by atoms with Crippen LogP contribution in [0.2, 0.25) is 0 Å². The summed E-state index contributed by atoms with van der Waals surface area (Å²) in [5.41, 5.74) is 0.678. The molecular formula is C15H24O. The van der Waals surface area contributed by atoms with Gasteiger partial charge in [0.05, 0.1) is 12.1 Å². The van der Waals surface area contributed by atoms with E-state index < -0.39 is 6.61 Å². The molecule has 0 spiro atoms. The summed E-state index contributed by atoms with van der Waals surface area (Å²) in [6, 6.07) is -0.307. The molecule has 0 radical (unpaired) electrons. The predicted octanol–water partition coefficient (Wildman–Crippen LogP) is 4.08. The van der Waals surface area contributed by atoms with Crippen LogP contribution in [0.1, 0.15) is 62.1 Å². The highest BCUT2D eigenvalue weighted by atomic mass is 16.3. The normalized spacial score (nSPS) is 14.1. The molecule has 90 valence electrons. The lowest BCUT2D eigenvalue weighted by Gasteiger charge is -2.03. The summed E-state index contributed by atoms with van der Waals surface area (Å²) in [5, 5.41) is 9.22. The first-order chi connectivity index (χ1) is 9.54. The topological polar surface area (TPSA) is 20.2 Å². The Morgan fingerprint density at radius 1 is 1.06 bits per heavy atom. The molecule has 1 rings (SSSR count). The van der Waals surface area contributed by atoms with Gasteiger partial charge >= 0.3 is 0 Å². The number of unbranched alkanes of at least 4 members (excludes halogenated alkanes) is 5. The standard InChI is InChI=1S/C15H24O/c1-2-3-4-5-6-7-9-14-10-8-11-15(12-14)13-16/h8,10-12,16H,2-7,9,13H2,1H3/i8D,10D,11D,12D. The van der Waals surface area contributed by atoms with Gasteiger partial charge in [-0.2, -0.15) is 0 Å². The Balaban J connectivity index is 2.72. The van der Waals surface area contributed by atoms with Crippen molar-refractivity contribution < 1.29 is 10.6 Å². The molecule has 0 saturated carbocycles. The molecule has 1 N–H and O–H groups in total. The van der Waals surface area contributed by atoms with Gasteiger partial charge < -0.3 is 5.11 Å². The molecule has 1 aromatic rings. The van der Waals surface area contributed by atoms with Crippen LogP contribution in [0.25, 0.3) is 0 Å². The summed E-state index contributed by atoms with van der Waals surface area (Å²) < 4.78 is 31.3. The molecule has 16 heavy (non-hydrogen) atoms. The van der Waals surface area contributed by atoms with E-state index in [0.29, 0.717) is 12.0 Å². The second-order valence-corrected chi connectivity index (χ2v) is 4.13. The fourth-order valence-electron chi connectivity index (χ4n) is 1.71. The quantitative estimate of drug-likeness (QED) is 0.660. The van der Waals surface area contributed by atoms with Crippen molar-refractivity contribution >= 4 is 0 Å². The van der Waals surface area contributed by atoms with E-state index in [2.05, 4.69) is 6.92 Å². The first-order valence-corrected chi connectivity index (χ1v) is 6.23. The first-order valence-electron chi connectivity index (χ1n) is 8.23. The van der Waals surface area contributed by atoms with Crippen LogP contribution in [0.15, 0.2) is 24.2 Å². The Kier molecular flexibility index (Phi) is 4.33. The van der Waals surface area contributed by atoms with E-state index in [1.165, 1.54) is 19.3 Å². The van der Waals surface area contributed by atoms with Crippen LogP contribution in [-0.2, 0) is 13.0 Å². The maximum atomic E-state index is 9.22. The third-order valence-corrected chi connectivity index (χ3v) is 2.67. The first kappa shape index (κ1) is 8.30. The lowest BCUT2D eigenvalue weighted by atomic mass is 10.0. The van der Waals surface area contributed by atoms with Gasteiger partial charge in [0.25, 0.3) is 0 Å². The maximum absolute atomic E-state index is 9.22. The summed E-state index contributed by atoms with van der Waals surface area (Å²) in [6.45, 7) is 1.76. The van der Waals surface area contributed by atoms with Gasteiger partial charge in [-0.1, -0.05) is 63.2 Å². The molecule has 0 fully saturated rings. The van der Waals surface area contributed by atoms with E-state index in [4.69, 9.17) is 5.48 Å². The van der Waals surface area contributed by atoms with Crippen LogP contribution < -0.4 is 0 Å². The minimum Gasteiger partial charge on any atom is -0.392 e. The van der Waals surface area contributed by atoms with Gasteiger partial charge in [-0.15, -0.1) is 0 Å². The lowest BCUT2D eigenvalue weighted by molar-refractivity contribution is 0.281. The van der Waals surface area contributed by atoms with Crippen LogP contribution in [-0.4, -0.2) is 5.11 Å². The zero-order chi connectivity index (χ0) is 15.1. The molecule has 0 aliphatic heterocycles. The molecule has 1 heteroatoms. The Hall–Kier alpha value is -0.820. The Bertz CT molecular complexity index is 446. The molecule has 0 bridgehead atoms. The zero-order valence-electron chi connectivity index (χ0n) is 14.1. The largest absolute Gasteiger partial charge is 0.392 e. The summed E-state index contributed by atoms with van der Waals surface area (Å²) in [6.07, 6.45) is 7.36. The van der Waals surface area contributed by atoms with Gasteiger partial charge in [0.2, 0.25) is 0 Å². The molecule has 0 aliphatic rings. The third-order valence-electron chi connectivity index (χ3n) is 2.67. The fourth-order valence-corrected chi connectivity index (χ4v) is 1.71. The van der Waals surface area contributed by atoms with Crippen LogP contribution in [0.3, 0.4) is 0 Å². The van der Waals surface area contributed by atoms with Crippen molar-refractivity contribution in [3.05, 3.63) is 35.3 Å². The molecule has 0 saturated heterocycles. The number of rotatable bonds is 8. The molecule has 0 aromatic heterocycles.